The molecule has 3 heteroatoms. The predicted molar refractivity (Wildman–Crippen MR) is 36.1 cm³/mol. The molecule has 0 aliphatic rings. The minimum Gasteiger partial charge on any atom is -0.396 e. The van der Waals surface area contributed by atoms with E-state index in [2.05, 4.69) is 0 Å². The largest absolute Gasteiger partial charge is 0.396 e. The molecule has 0 fully saturated rings. The van der Waals surface area contributed by atoms with Crippen LogP contribution in [0.3, 0.4) is 0 Å². The minimum atomic E-state index is -2.69. The zero-order valence-electron chi connectivity index (χ0n) is 6.40. The van der Waals surface area contributed by atoms with Crippen molar-refractivity contribution in [1.82, 2.24) is 0 Å². The summed E-state index contributed by atoms with van der Waals surface area (Å²) in [5.74, 6) is -3.32. The Bertz CT molecular complexity index is 93.6. The van der Waals surface area contributed by atoms with E-state index in [0.29, 0.717) is 6.42 Å². The van der Waals surface area contributed by atoms with E-state index in [1.807, 2.05) is 0 Å². The van der Waals surface area contributed by atoms with E-state index in [4.69, 9.17) is 5.11 Å². The lowest BCUT2D eigenvalue weighted by atomic mass is 9.98. The Morgan fingerprint density at radius 2 is 2.00 bits per heavy atom. The van der Waals surface area contributed by atoms with Gasteiger partial charge in [-0.15, -0.1) is 0 Å². The second kappa shape index (κ2) is 3.86. The number of aliphatic hydroxyl groups is 1. The molecule has 0 aromatic heterocycles. The maximum atomic E-state index is 12.7. The Kier molecular flexibility index (Phi) is 3.79. The fourth-order valence-electron chi connectivity index (χ4n) is 0.694. The smallest absolute Gasteiger partial charge is 0.252 e. The summed E-state index contributed by atoms with van der Waals surface area (Å²) < 4.78 is 25.3. The molecule has 0 aromatic carbocycles. The maximum Gasteiger partial charge on any atom is 0.252 e. The summed E-state index contributed by atoms with van der Waals surface area (Å²) in [5, 5.41) is 8.27. The first-order valence-corrected chi connectivity index (χ1v) is 3.53. The average Bonchev–Trinajstić information content (AvgIpc) is 1.86. The van der Waals surface area contributed by atoms with Crippen molar-refractivity contribution in [3.63, 3.8) is 0 Å². The zero-order valence-corrected chi connectivity index (χ0v) is 6.40. The number of rotatable bonds is 4. The quantitative estimate of drug-likeness (QED) is 0.653. The van der Waals surface area contributed by atoms with Gasteiger partial charge in [0.25, 0.3) is 5.92 Å². The second-order valence-electron chi connectivity index (χ2n) is 2.54. The molecule has 0 aliphatic carbocycles. The van der Waals surface area contributed by atoms with Crippen molar-refractivity contribution in [1.29, 1.82) is 0 Å². The van der Waals surface area contributed by atoms with Gasteiger partial charge in [0.1, 0.15) is 0 Å². The van der Waals surface area contributed by atoms with Crippen LogP contribution in [-0.4, -0.2) is 17.6 Å². The van der Waals surface area contributed by atoms with Gasteiger partial charge in [-0.2, -0.15) is 0 Å². The standard InChI is InChI=1S/C7H14F2O/c1-3-6(2)7(8,9)4-5-10/h6,10H,3-5H2,1-2H3. The molecule has 0 radical (unpaired) electrons. The summed E-state index contributed by atoms with van der Waals surface area (Å²) in [4.78, 5) is 0. The van der Waals surface area contributed by atoms with E-state index < -0.39 is 24.9 Å². The fourth-order valence-corrected chi connectivity index (χ4v) is 0.694. The van der Waals surface area contributed by atoms with Crippen molar-refractivity contribution < 1.29 is 13.9 Å². The molecule has 1 nitrogen and oxygen atoms in total. The summed E-state index contributed by atoms with van der Waals surface area (Å²) in [6.07, 6.45) is 0.0367. The Balaban J connectivity index is 3.82. The normalized spacial score (nSPS) is 15.3. The van der Waals surface area contributed by atoms with Gasteiger partial charge in [-0.05, 0) is 6.42 Å². The fraction of sp³-hybridized carbons (Fsp3) is 1.00. The molecule has 0 amide bonds. The SMILES string of the molecule is CCC(C)C(F)(F)CCO. The van der Waals surface area contributed by atoms with Crippen molar-refractivity contribution in [3.8, 4) is 0 Å². The van der Waals surface area contributed by atoms with Crippen LogP contribution in [0.4, 0.5) is 8.78 Å². The number of hydrogen-bond acceptors (Lipinski definition) is 1. The van der Waals surface area contributed by atoms with Crippen molar-refractivity contribution >= 4 is 0 Å². The molecule has 1 unspecified atom stereocenters. The summed E-state index contributed by atoms with van der Waals surface area (Å²) >= 11 is 0. The number of aliphatic hydroxyl groups excluding tert-OH is 1. The zero-order chi connectivity index (χ0) is 8.20. The van der Waals surface area contributed by atoms with E-state index in [0.717, 1.165) is 0 Å². The molecule has 0 aromatic rings. The summed E-state index contributed by atoms with van der Waals surface area (Å²) in [6.45, 7) is 2.78. The van der Waals surface area contributed by atoms with Gasteiger partial charge >= 0.3 is 0 Å². The van der Waals surface area contributed by atoms with Crippen LogP contribution in [0.5, 0.6) is 0 Å². The van der Waals surface area contributed by atoms with Gasteiger partial charge in [-0.1, -0.05) is 13.8 Å². The van der Waals surface area contributed by atoms with Gasteiger partial charge in [-0.25, -0.2) is 8.78 Å². The highest BCUT2D eigenvalue weighted by atomic mass is 19.3. The molecule has 0 spiro atoms. The highest BCUT2D eigenvalue weighted by Gasteiger charge is 2.33. The van der Waals surface area contributed by atoms with Crippen LogP contribution < -0.4 is 0 Å². The van der Waals surface area contributed by atoms with E-state index >= 15 is 0 Å². The number of alkyl halides is 2. The molecule has 0 rings (SSSR count). The molecule has 10 heavy (non-hydrogen) atoms. The molecule has 0 saturated carbocycles. The van der Waals surface area contributed by atoms with Crippen molar-refractivity contribution in [3.05, 3.63) is 0 Å². The first-order chi connectivity index (χ1) is 4.54. The minimum absolute atomic E-state index is 0.415. The van der Waals surface area contributed by atoms with Gasteiger partial charge in [-0.3, -0.25) is 0 Å². The Hall–Kier alpha value is -0.180. The molecule has 62 valence electrons. The second-order valence-corrected chi connectivity index (χ2v) is 2.54. The molecular weight excluding hydrogens is 138 g/mol. The molecular formula is C7H14F2O. The van der Waals surface area contributed by atoms with E-state index in [9.17, 15) is 8.78 Å². The van der Waals surface area contributed by atoms with Gasteiger partial charge in [0.05, 0.1) is 0 Å². The topological polar surface area (TPSA) is 20.2 Å². The molecule has 0 aliphatic heterocycles. The average molecular weight is 152 g/mol. The van der Waals surface area contributed by atoms with Crippen LogP contribution in [0.1, 0.15) is 26.7 Å². The third-order valence-corrected chi connectivity index (χ3v) is 1.78. The lowest BCUT2D eigenvalue weighted by molar-refractivity contribution is -0.0696. The van der Waals surface area contributed by atoms with E-state index in [1.54, 1.807) is 6.92 Å². The third kappa shape index (κ3) is 2.60. The van der Waals surface area contributed by atoms with Crippen molar-refractivity contribution in [2.24, 2.45) is 5.92 Å². The van der Waals surface area contributed by atoms with Crippen LogP contribution >= 0.6 is 0 Å². The Labute approximate surface area is 60.1 Å². The van der Waals surface area contributed by atoms with Gasteiger partial charge < -0.3 is 5.11 Å². The predicted octanol–water partition coefficient (Wildman–Crippen LogP) is 2.05. The van der Waals surface area contributed by atoms with Gasteiger partial charge in [0.15, 0.2) is 0 Å². The summed E-state index contributed by atoms with van der Waals surface area (Å²) in [5.41, 5.74) is 0. The van der Waals surface area contributed by atoms with Crippen molar-refractivity contribution in [2.45, 2.75) is 32.6 Å². The lowest BCUT2D eigenvalue weighted by Gasteiger charge is -2.21. The van der Waals surface area contributed by atoms with Crippen LogP contribution in [0.2, 0.25) is 0 Å². The van der Waals surface area contributed by atoms with Crippen LogP contribution in [0.25, 0.3) is 0 Å². The molecule has 0 bridgehead atoms. The summed E-state index contributed by atoms with van der Waals surface area (Å²) in [7, 11) is 0. The van der Waals surface area contributed by atoms with Crippen LogP contribution in [0, 0.1) is 5.92 Å². The van der Waals surface area contributed by atoms with Crippen molar-refractivity contribution in [2.75, 3.05) is 6.61 Å². The number of hydrogen-bond donors (Lipinski definition) is 1. The first kappa shape index (κ1) is 9.82. The van der Waals surface area contributed by atoms with Crippen LogP contribution in [0.15, 0.2) is 0 Å². The number of halogens is 2. The highest BCUT2D eigenvalue weighted by Crippen LogP contribution is 2.29. The molecule has 0 heterocycles. The molecule has 0 saturated heterocycles. The third-order valence-electron chi connectivity index (χ3n) is 1.78. The highest BCUT2D eigenvalue weighted by molar-refractivity contribution is 4.71. The molecule has 1 atom stereocenters. The van der Waals surface area contributed by atoms with E-state index in [-0.39, 0.29) is 0 Å². The molecule has 1 N–H and O–H groups in total. The van der Waals surface area contributed by atoms with E-state index in [1.165, 1.54) is 6.92 Å². The Morgan fingerprint density at radius 3 is 2.30 bits per heavy atom. The Morgan fingerprint density at radius 1 is 1.50 bits per heavy atom. The van der Waals surface area contributed by atoms with Crippen LogP contribution in [-0.2, 0) is 0 Å². The first-order valence-electron chi connectivity index (χ1n) is 3.53. The van der Waals surface area contributed by atoms with Gasteiger partial charge in [0.2, 0.25) is 0 Å². The monoisotopic (exact) mass is 152 g/mol. The maximum absolute atomic E-state index is 12.7. The summed E-state index contributed by atoms with van der Waals surface area (Å²) in [6, 6.07) is 0. The lowest BCUT2D eigenvalue weighted by Crippen LogP contribution is -2.26. The van der Waals surface area contributed by atoms with Gasteiger partial charge in [0, 0.05) is 18.9 Å².